The topological polar surface area (TPSA) is 17.1 Å². The molecule has 0 fully saturated rings. The van der Waals surface area contributed by atoms with Crippen molar-refractivity contribution in [1.82, 2.24) is 0 Å². The van der Waals surface area contributed by atoms with Crippen LogP contribution in [0.3, 0.4) is 0 Å². The van der Waals surface area contributed by atoms with Gasteiger partial charge in [-0.25, -0.2) is 0 Å². The van der Waals surface area contributed by atoms with Crippen LogP contribution >= 0.6 is 0 Å². The zero-order valence-electron chi connectivity index (χ0n) is 8.58. The Labute approximate surface area is 85.1 Å². The number of benzene rings is 1. The van der Waals surface area contributed by atoms with Crippen LogP contribution in [-0.4, -0.2) is 6.29 Å². The smallest absolute Gasteiger partial charge is 0.126 e. The van der Waals surface area contributed by atoms with Crippen molar-refractivity contribution >= 4 is 6.29 Å². The third kappa shape index (κ3) is 3.45. The highest BCUT2D eigenvalue weighted by atomic mass is 16.1. The molecular weight excluding hydrogens is 172 g/mol. The summed E-state index contributed by atoms with van der Waals surface area (Å²) in [6.07, 6.45) is 1.55. The summed E-state index contributed by atoms with van der Waals surface area (Å²) < 4.78 is 0. The van der Waals surface area contributed by atoms with Crippen molar-refractivity contribution in [3.8, 4) is 11.8 Å². The maximum atomic E-state index is 10.6. The summed E-state index contributed by atoms with van der Waals surface area (Å²) in [4.78, 5) is 10.6. The van der Waals surface area contributed by atoms with Crippen LogP contribution in [0.15, 0.2) is 30.3 Å². The van der Waals surface area contributed by atoms with E-state index in [9.17, 15) is 4.79 Å². The van der Waals surface area contributed by atoms with Gasteiger partial charge in [0.05, 0.1) is 0 Å². The molecule has 0 amide bonds. The van der Waals surface area contributed by atoms with Crippen molar-refractivity contribution in [3.05, 3.63) is 35.9 Å². The van der Waals surface area contributed by atoms with E-state index in [-0.39, 0.29) is 5.41 Å². The highest BCUT2D eigenvalue weighted by Gasteiger charge is 2.13. The summed E-state index contributed by atoms with van der Waals surface area (Å²) in [5, 5.41) is 0. The van der Waals surface area contributed by atoms with Crippen LogP contribution in [0.1, 0.15) is 25.8 Å². The van der Waals surface area contributed by atoms with E-state index < -0.39 is 0 Å². The van der Waals surface area contributed by atoms with Gasteiger partial charge in [-0.1, -0.05) is 43.9 Å². The molecule has 72 valence electrons. The molecule has 0 saturated heterocycles. The maximum absolute atomic E-state index is 10.6. The van der Waals surface area contributed by atoms with Gasteiger partial charge >= 0.3 is 0 Å². The zero-order valence-corrected chi connectivity index (χ0v) is 8.58. The molecule has 0 radical (unpaired) electrons. The summed E-state index contributed by atoms with van der Waals surface area (Å²) in [5.41, 5.74) is 0.663. The third-order valence-corrected chi connectivity index (χ3v) is 1.87. The average Bonchev–Trinajstić information content (AvgIpc) is 2.19. The van der Waals surface area contributed by atoms with Crippen LogP contribution in [0, 0.1) is 17.3 Å². The van der Waals surface area contributed by atoms with Gasteiger partial charge in [0, 0.05) is 17.4 Å². The minimum atomic E-state index is -0.332. The molecular formula is C13H14O. The highest BCUT2D eigenvalue weighted by molar-refractivity contribution is 5.58. The van der Waals surface area contributed by atoms with Crippen molar-refractivity contribution in [2.45, 2.75) is 20.3 Å². The van der Waals surface area contributed by atoms with Crippen LogP contribution in [0.5, 0.6) is 0 Å². The van der Waals surface area contributed by atoms with Crippen molar-refractivity contribution in [2.24, 2.45) is 5.41 Å². The predicted molar refractivity (Wildman–Crippen MR) is 57.8 cm³/mol. The van der Waals surface area contributed by atoms with Gasteiger partial charge in [-0.2, -0.15) is 0 Å². The van der Waals surface area contributed by atoms with Gasteiger partial charge in [0.15, 0.2) is 0 Å². The molecule has 0 saturated carbocycles. The van der Waals surface area contributed by atoms with Gasteiger partial charge < -0.3 is 4.79 Å². The number of aldehydes is 1. The first kappa shape index (κ1) is 10.5. The molecule has 1 rings (SSSR count). The molecule has 1 nitrogen and oxygen atoms in total. The van der Waals surface area contributed by atoms with Crippen LogP contribution in [0.25, 0.3) is 0 Å². The molecule has 14 heavy (non-hydrogen) atoms. The summed E-state index contributed by atoms with van der Waals surface area (Å²) in [6, 6.07) is 9.78. The van der Waals surface area contributed by atoms with Gasteiger partial charge in [0.1, 0.15) is 6.29 Å². The van der Waals surface area contributed by atoms with Gasteiger partial charge in [0.25, 0.3) is 0 Å². The Morgan fingerprint density at radius 3 is 2.50 bits per heavy atom. The van der Waals surface area contributed by atoms with E-state index in [0.29, 0.717) is 6.42 Å². The first-order chi connectivity index (χ1) is 6.64. The first-order valence-electron chi connectivity index (χ1n) is 4.64. The fraction of sp³-hybridized carbons (Fsp3) is 0.308. The number of hydrogen-bond acceptors (Lipinski definition) is 1. The molecule has 0 aliphatic heterocycles. The molecule has 0 N–H and O–H groups in total. The molecule has 0 aliphatic rings. The molecule has 0 bridgehead atoms. The number of carbonyl (C=O) groups is 1. The monoisotopic (exact) mass is 186 g/mol. The zero-order chi connectivity index (χ0) is 10.4. The lowest BCUT2D eigenvalue weighted by molar-refractivity contribution is -0.114. The molecule has 0 aromatic heterocycles. The largest absolute Gasteiger partial charge is 0.303 e. The normalized spacial score (nSPS) is 10.1. The second-order valence-electron chi connectivity index (χ2n) is 3.95. The number of carbonyl (C=O) groups excluding carboxylic acids is 1. The van der Waals surface area contributed by atoms with E-state index in [2.05, 4.69) is 11.8 Å². The Balaban J connectivity index is 2.62. The van der Waals surface area contributed by atoms with Crippen molar-refractivity contribution in [1.29, 1.82) is 0 Å². The first-order valence-corrected chi connectivity index (χ1v) is 4.64. The lowest BCUT2D eigenvalue weighted by atomic mass is 9.92. The Hall–Kier alpha value is -1.55. The molecule has 0 spiro atoms. The molecule has 1 heteroatoms. The highest BCUT2D eigenvalue weighted by Crippen LogP contribution is 2.15. The van der Waals surface area contributed by atoms with Crippen molar-refractivity contribution in [2.75, 3.05) is 0 Å². The predicted octanol–water partition coefficient (Wildman–Crippen LogP) is 2.65. The number of hydrogen-bond donors (Lipinski definition) is 0. The fourth-order valence-electron chi connectivity index (χ4n) is 0.937. The quantitative estimate of drug-likeness (QED) is 0.512. The van der Waals surface area contributed by atoms with E-state index in [1.165, 1.54) is 0 Å². The lowest BCUT2D eigenvalue weighted by Crippen LogP contribution is -2.11. The number of rotatable bonds is 2. The van der Waals surface area contributed by atoms with Gasteiger partial charge in [-0.05, 0) is 12.1 Å². The second-order valence-corrected chi connectivity index (χ2v) is 3.95. The Morgan fingerprint density at radius 1 is 1.29 bits per heavy atom. The summed E-state index contributed by atoms with van der Waals surface area (Å²) >= 11 is 0. The van der Waals surface area contributed by atoms with Crippen LogP contribution in [-0.2, 0) is 4.79 Å². The van der Waals surface area contributed by atoms with Crippen LogP contribution in [0.2, 0.25) is 0 Å². The Kier molecular flexibility index (Phi) is 3.48. The molecule has 1 aromatic rings. The summed E-state index contributed by atoms with van der Waals surface area (Å²) in [6.45, 7) is 3.78. The minimum Gasteiger partial charge on any atom is -0.303 e. The van der Waals surface area contributed by atoms with E-state index in [1.807, 2.05) is 44.2 Å². The lowest BCUT2D eigenvalue weighted by Gasteiger charge is -2.10. The van der Waals surface area contributed by atoms with Crippen LogP contribution < -0.4 is 0 Å². The summed E-state index contributed by atoms with van der Waals surface area (Å²) in [7, 11) is 0. The van der Waals surface area contributed by atoms with Gasteiger partial charge in [-0.3, -0.25) is 0 Å². The maximum Gasteiger partial charge on any atom is 0.126 e. The molecule has 0 atom stereocenters. The molecule has 1 aromatic carbocycles. The third-order valence-electron chi connectivity index (χ3n) is 1.87. The van der Waals surface area contributed by atoms with E-state index in [1.54, 1.807) is 0 Å². The summed E-state index contributed by atoms with van der Waals surface area (Å²) in [5.74, 6) is 6.04. The minimum absolute atomic E-state index is 0.332. The Morgan fingerprint density at radius 2 is 1.93 bits per heavy atom. The second kappa shape index (κ2) is 4.62. The van der Waals surface area contributed by atoms with Crippen molar-refractivity contribution < 1.29 is 4.79 Å². The van der Waals surface area contributed by atoms with E-state index in [4.69, 9.17) is 0 Å². The van der Waals surface area contributed by atoms with E-state index >= 15 is 0 Å². The molecule has 0 aliphatic carbocycles. The SMILES string of the molecule is CC(C)(C=O)CC#Cc1ccccc1. The van der Waals surface area contributed by atoms with Gasteiger partial charge in [-0.15, -0.1) is 0 Å². The van der Waals surface area contributed by atoms with E-state index in [0.717, 1.165) is 11.8 Å². The molecule has 0 heterocycles. The van der Waals surface area contributed by atoms with Crippen molar-refractivity contribution in [3.63, 3.8) is 0 Å². The van der Waals surface area contributed by atoms with Crippen LogP contribution in [0.4, 0.5) is 0 Å². The fourth-order valence-corrected chi connectivity index (χ4v) is 0.937. The standard InChI is InChI=1S/C13H14O/c1-13(2,11-14)10-6-9-12-7-4-3-5-8-12/h3-5,7-8,11H,10H2,1-2H3. The Bertz CT molecular complexity index is 352. The molecule has 0 unspecified atom stereocenters. The van der Waals surface area contributed by atoms with Gasteiger partial charge in [0.2, 0.25) is 0 Å². The average molecular weight is 186 g/mol.